The van der Waals surface area contributed by atoms with Crippen LogP contribution in [0.1, 0.15) is 18.4 Å². The molecule has 23 heavy (non-hydrogen) atoms. The molecular weight excluding hydrogens is 290 g/mol. The molecule has 0 amide bonds. The normalized spacial score (nSPS) is 15.5. The molecule has 0 atom stereocenters. The summed E-state index contributed by atoms with van der Waals surface area (Å²) >= 11 is 0. The van der Waals surface area contributed by atoms with Gasteiger partial charge in [-0.15, -0.1) is 0 Å². The van der Waals surface area contributed by atoms with Crippen LogP contribution in [0.3, 0.4) is 0 Å². The number of fused-ring (bicyclic) bond motifs is 2. The fourth-order valence-electron chi connectivity index (χ4n) is 3.41. The summed E-state index contributed by atoms with van der Waals surface area (Å²) in [6, 6.07) is 11.1. The van der Waals surface area contributed by atoms with Crippen LogP contribution in [0.25, 0.3) is 21.9 Å². The van der Waals surface area contributed by atoms with Gasteiger partial charge >= 0.3 is 0 Å². The van der Waals surface area contributed by atoms with Crippen LogP contribution in [0.15, 0.2) is 45.6 Å². The molecule has 0 radical (unpaired) electrons. The van der Waals surface area contributed by atoms with Crippen LogP contribution in [0.4, 0.5) is 0 Å². The molecule has 1 aliphatic rings. The van der Waals surface area contributed by atoms with Gasteiger partial charge in [0.25, 0.3) is 0 Å². The van der Waals surface area contributed by atoms with Crippen molar-refractivity contribution in [2.24, 2.45) is 0 Å². The minimum atomic E-state index is 0.0205. The molecular formula is C19H19NO3. The van der Waals surface area contributed by atoms with E-state index in [1.165, 1.54) is 12.8 Å². The van der Waals surface area contributed by atoms with Crippen LogP contribution in [-0.4, -0.2) is 25.1 Å². The molecule has 1 aliphatic heterocycles. The predicted octanol–water partition coefficient (Wildman–Crippen LogP) is 3.55. The average molecular weight is 309 g/mol. The average Bonchev–Trinajstić information content (AvgIpc) is 3.09. The first-order valence-electron chi connectivity index (χ1n) is 8.02. The zero-order valence-electron chi connectivity index (χ0n) is 13.2. The van der Waals surface area contributed by atoms with Crippen molar-refractivity contribution in [3.63, 3.8) is 0 Å². The Bertz CT molecular complexity index is 923. The second kappa shape index (κ2) is 5.70. The Morgan fingerprint density at radius 3 is 2.65 bits per heavy atom. The number of hydrogen-bond donors (Lipinski definition) is 0. The lowest BCUT2D eigenvalue weighted by atomic mass is 10.1. The number of hydrogen-bond acceptors (Lipinski definition) is 4. The SMILES string of the molecule is COc1ccc2c(=O)c3ccccc3oc2c1CN1CCCC1. The molecule has 118 valence electrons. The molecule has 1 fully saturated rings. The van der Waals surface area contributed by atoms with Crippen LogP contribution in [-0.2, 0) is 6.54 Å². The van der Waals surface area contributed by atoms with Gasteiger partial charge in [-0.05, 0) is 50.2 Å². The molecule has 3 aromatic rings. The van der Waals surface area contributed by atoms with Crippen molar-refractivity contribution in [3.8, 4) is 5.75 Å². The van der Waals surface area contributed by atoms with E-state index in [1.807, 2.05) is 30.3 Å². The molecule has 0 N–H and O–H groups in total. The monoisotopic (exact) mass is 309 g/mol. The summed E-state index contributed by atoms with van der Waals surface area (Å²) in [6.45, 7) is 2.91. The Morgan fingerprint density at radius 1 is 1.09 bits per heavy atom. The molecule has 4 heteroatoms. The zero-order chi connectivity index (χ0) is 15.8. The van der Waals surface area contributed by atoms with Crippen LogP contribution in [0.5, 0.6) is 5.75 Å². The minimum Gasteiger partial charge on any atom is -0.496 e. The molecule has 1 saturated heterocycles. The van der Waals surface area contributed by atoms with Gasteiger partial charge in [0.2, 0.25) is 5.43 Å². The fourth-order valence-corrected chi connectivity index (χ4v) is 3.41. The summed E-state index contributed by atoms with van der Waals surface area (Å²) in [6.07, 6.45) is 2.44. The summed E-state index contributed by atoms with van der Waals surface area (Å²) in [5, 5.41) is 1.25. The second-order valence-electron chi connectivity index (χ2n) is 6.03. The topological polar surface area (TPSA) is 42.7 Å². The third-order valence-electron chi connectivity index (χ3n) is 4.61. The van der Waals surface area contributed by atoms with Gasteiger partial charge in [0.1, 0.15) is 16.9 Å². The van der Waals surface area contributed by atoms with Gasteiger partial charge in [0, 0.05) is 6.54 Å². The van der Waals surface area contributed by atoms with Crippen molar-refractivity contribution in [3.05, 3.63) is 52.2 Å². The highest BCUT2D eigenvalue weighted by Gasteiger charge is 2.19. The standard InChI is InChI=1S/C19H19NO3/c1-22-16-9-8-14-18(21)13-6-2-3-7-17(13)23-19(14)15(16)12-20-10-4-5-11-20/h2-3,6-9H,4-5,10-12H2,1H3. The van der Waals surface area contributed by atoms with Gasteiger partial charge in [-0.2, -0.15) is 0 Å². The van der Waals surface area contributed by atoms with Gasteiger partial charge in [0.05, 0.1) is 23.4 Å². The lowest BCUT2D eigenvalue weighted by Gasteiger charge is -2.18. The summed E-state index contributed by atoms with van der Waals surface area (Å²) < 4.78 is 11.6. The largest absolute Gasteiger partial charge is 0.496 e. The number of nitrogens with zero attached hydrogens (tertiary/aromatic N) is 1. The Labute approximate surface area is 134 Å². The molecule has 0 aliphatic carbocycles. The van der Waals surface area contributed by atoms with Gasteiger partial charge < -0.3 is 9.15 Å². The van der Waals surface area contributed by atoms with E-state index in [1.54, 1.807) is 13.2 Å². The van der Waals surface area contributed by atoms with E-state index < -0.39 is 0 Å². The van der Waals surface area contributed by atoms with Crippen molar-refractivity contribution in [2.75, 3.05) is 20.2 Å². The van der Waals surface area contributed by atoms with E-state index in [0.29, 0.717) is 21.9 Å². The summed E-state index contributed by atoms with van der Waals surface area (Å²) in [5.74, 6) is 0.780. The number of methoxy groups -OCH3 is 1. The molecule has 0 unspecified atom stereocenters. The summed E-state index contributed by atoms with van der Waals surface area (Å²) in [4.78, 5) is 15.1. The maximum Gasteiger partial charge on any atom is 0.200 e. The number of rotatable bonds is 3. The molecule has 2 aromatic carbocycles. The highest BCUT2D eigenvalue weighted by atomic mass is 16.5. The van der Waals surface area contributed by atoms with E-state index in [2.05, 4.69) is 4.90 Å². The smallest absolute Gasteiger partial charge is 0.200 e. The Balaban J connectivity index is 1.99. The Kier molecular flexibility index (Phi) is 3.54. The number of benzene rings is 2. The summed E-state index contributed by atoms with van der Waals surface area (Å²) in [7, 11) is 1.66. The fraction of sp³-hybridized carbons (Fsp3) is 0.316. The van der Waals surface area contributed by atoms with Crippen LogP contribution in [0, 0.1) is 0 Å². The lowest BCUT2D eigenvalue weighted by molar-refractivity contribution is 0.320. The first-order chi connectivity index (χ1) is 11.3. The van der Waals surface area contributed by atoms with E-state index in [-0.39, 0.29) is 5.43 Å². The molecule has 0 bridgehead atoms. The van der Waals surface area contributed by atoms with E-state index in [9.17, 15) is 4.79 Å². The number of para-hydroxylation sites is 1. The molecule has 4 nitrogen and oxygen atoms in total. The van der Waals surface area contributed by atoms with Gasteiger partial charge in [0.15, 0.2) is 0 Å². The van der Waals surface area contributed by atoms with Crippen molar-refractivity contribution >= 4 is 21.9 Å². The second-order valence-corrected chi connectivity index (χ2v) is 6.03. The third-order valence-corrected chi connectivity index (χ3v) is 4.61. The molecule has 0 spiro atoms. The molecule has 2 heterocycles. The van der Waals surface area contributed by atoms with Gasteiger partial charge in [-0.25, -0.2) is 0 Å². The van der Waals surface area contributed by atoms with E-state index in [0.717, 1.165) is 30.9 Å². The van der Waals surface area contributed by atoms with Crippen molar-refractivity contribution in [1.29, 1.82) is 0 Å². The molecule has 0 saturated carbocycles. The van der Waals surface area contributed by atoms with Crippen molar-refractivity contribution in [1.82, 2.24) is 4.90 Å². The Morgan fingerprint density at radius 2 is 1.87 bits per heavy atom. The van der Waals surface area contributed by atoms with Gasteiger partial charge in [-0.1, -0.05) is 12.1 Å². The minimum absolute atomic E-state index is 0.0205. The predicted molar refractivity (Wildman–Crippen MR) is 91.1 cm³/mol. The first-order valence-corrected chi connectivity index (χ1v) is 8.02. The molecule has 4 rings (SSSR count). The third kappa shape index (κ3) is 2.39. The van der Waals surface area contributed by atoms with Gasteiger partial charge in [-0.3, -0.25) is 9.69 Å². The van der Waals surface area contributed by atoms with Crippen molar-refractivity contribution in [2.45, 2.75) is 19.4 Å². The highest BCUT2D eigenvalue weighted by molar-refractivity contribution is 5.92. The van der Waals surface area contributed by atoms with E-state index >= 15 is 0 Å². The lowest BCUT2D eigenvalue weighted by Crippen LogP contribution is -2.19. The van der Waals surface area contributed by atoms with Crippen LogP contribution >= 0.6 is 0 Å². The maximum atomic E-state index is 12.8. The number of ether oxygens (including phenoxy) is 1. The quantitative estimate of drug-likeness (QED) is 0.694. The zero-order valence-corrected chi connectivity index (χ0v) is 13.2. The van der Waals surface area contributed by atoms with Crippen LogP contribution in [0.2, 0.25) is 0 Å². The van der Waals surface area contributed by atoms with E-state index in [4.69, 9.17) is 9.15 Å². The molecule has 1 aromatic heterocycles. The summed E-state index contributed by atoms with van der Waals surface area (Å²) in [5.41, 5.74) is 2.27. The highest BCUT2D eigenvalue weighted by Crippen LogP contribution is 2.30. The first kappa shape index (κ1) is 14.3. The maximum absolute atomic E-state index is 12.8. The van der Waals surface area contributed by atoms with Crippen LogP contribution < -0.4 is 10.2 Å². The Hall–Kier alpha value is -2.33. The number of likely N-dealkylation sites (tertiary alicyclic amines) is 1. The van der Waals surface area contributed by atoms with Crippen molar-refractivity contribution < 1.29 is 9.15 Å².